The molecule has 0 aliphatic heterocycles. The second-order valence-corrected chi connectivity index (χ2v) is 4.89. The van der Waals surface area contributed by atoms with Crippen molar-refractivity contribution in [2.45, 2.75) is 34.1 Å². The van der Waals surface area contributed by atoms with Crippen LogP contribution in [0.25, 0.3) is 0 Å². The average molecular weight is 234 g/mol. The van der Waals surface area contributed by atoms with Crippen LogP contribution in [0.3, 0.4) is 0 Å². The van der Waals surface area contributed by atoms with Crippen molar-refractivity contribution in [3.63, 3.8) is 0 Å². The summed E-state index contributed by atoms with van der Waals surface area (Å²) in [6, 6.07) is 4.40. The summed E-state index contributed by atoms with van der Waals surface area (Å²) < 4.78 is 0. The molecule has 0 spiro atoms. The Labute approximate surface area is 106 Å². The number of aryl methyl sites for hydroxylation is 1. The molecular weight excluding hydrogens is 208 g/mol. The lowest BCUT2D eigenvalue weighted by molar-refractivity contribution is 0.506. The molecule has 0 amide bonds. The topological polar surface area (TPSA) is 24.1 Å². The molecule has 0 radical (unpaired) electrons. The van der Waals surface area contributed by atoms with E-state index in [4.69, 9.17) is 0 Å². The maximum atomic E-state index is 3.58. The van der Waals surface area contributed by atoms with Gasteiger partial charge in [0.05, 0.1) is 0 Å². The third-order valence-electron chi connectivity index (χ3n) is 3.71. The summed E-state index contributed by atoms with van der Waals surface area (Å²) in [5, 5.41) is 6.83. The highest BCUT2D eigenvalue weighted by molar-refractivity contribution is 5.55. The summed E-state index contributed by atoms with van der Waals surface area (Å²) in [4.78, 5) is 0. The van der Waals surface area contributed by atoms with Crippen molar-refractivity contribution < 1.29 is 0 Å². The largest absolute Gasteiger partial charge is 0.384 e. The highest BCUT2D eigenvalue weighted by atomic mass is 14.9. The van der Waals surface area contributed by atoms with Crippen LogP contribution in [-0.4, -0.2) is 20.1 Å². The van der Waals surface area contributed by atoms with Crippen molar-refractivity contribution in [2.24, 2.45) is 5.92 Å². The maximum Gasteiger partial charge on any atom is 0.0372 e. The highest BCUT2D eigenvalue weighted by Crippen LogP contribution is 2.21. The van der Waals surface area contributed by atoms with E-state index < -0.39 is 0 Å². The molecule has 96 valence electrons. The van der Waals surface area contributed by atoms with E-state index in [0.717, 1.165) is 13.1 Å². The Balaban J connectivity index is 2.66. The summed E-state index contributed by atoms with van der Waals surface area (Å²) in [6.07, 6.45) is 1.21. The van der Waals surface area contributed by atoms with Crippen LogP contribution in [0.2, 0.25) is 0 Å². The van der Waals surface area contributed by atoms with Gasteiger partial charge in [0.2, 0.25) is 0 Å². The quantitative estimate of drug-likeness (QED) is 0.789. The van der Waals surface area contributed by atoms with Gasteiger partial charge in [-0.1, -0.05) is 19.4 Å². The Bertz CT molecular complexity index is 358. The average Bonchev–Trinajstić information content (AvgIpc) is 2.33. The Morgan fingerprint density at radius 1 is 1.06 bits per heavy atom. The Kier molecular flexibility index (Phi) is 5.49. The lowest BCUT2D eigenvalue weighted by Gasteiger charge is -2.18. The van der Waals surface area contributed by atoms with E-state index in [0.29, 0.717) is 5.92 Å². The zero-order valence-electron chi connectivity index (χ0n) is 11.9. The van der Waals surface area contributed by atoms with E-state index in [1.807, 2.05) is 7.05 Å². The molecule has 0 aromatic heterocycles. The van der Waals surface area contributed by atoms with E-state index in [1.165, 1.54) is 28.8 Å². The number of rotatable bonds is 6. The van der Waals surface area contributed by atoms with E-state index in [1.54, 1.807) is 0 Å². The molecule has 0 saturated carbocycles. The van der Waals surface area contributed by atoms with Gasteiger partial charge in [0.15, 0.2) is 0 Å². The predicted octanol–water partition coefficient (Wildman–Crippen LogP) is 3.27. The summed E-state index contributed by atoms with van der Waals surface area (Å²) in [6.45, 7) is 10.9. The first-order valence-corrected chi connectivity index (χ1v) is 6.55. The fraction of sp³-hybridized carbons (Fsp3) is 0.600. The lowest BCUT2D eigenvalue weighted by atomic mass is 10.0. The Morgan fingerprint density at radius 2 is 1.76 bits per heavy atom. The predicted molar refractivity (Wildman–Crippen MR) is 76.9 cm³/mol. The summed E-state index contributed by atoms with van der Waals surface area (Å²) in [7, 11) is 2.02. The van der Waals surface area contributed by atoms with E-state index >= 15 is 0 Å². The fourth-order valence-electron chi connectivity index (χ4n) is 2.05. The zero-order chi connectivity index (χ0) is 12.8. The smallest absolute Gasteiger partial charge is 0.0372 e. The number of anilines is 1. The van der Waals surface area contributed by atoms with Crippen LogP contribution in [0.15, 0.2) is 12.1 Å². The first-order valence-electron chi connectivity index (χ1n) is 6.55. The van der Waals surface area contributed by atoms with Crippen LogP contribution >= 0.6 is 0 Å². The second-order valence-electron chi connectivity index (χ2n) is 4.89. The van der Waals surface area contributed by atoms with Gasteiger partial charge in [-0.3, -0.25) is 0 Å². The third-order valence-corrected chi connectivity index (χ3v) is 3.71. The van der Waals surface area contributed by atoms with Gasteiger partial charge >= 0.3 is 0 Å². The number of benzene rings is 1. The van der Waals surface area contributed by atoms with Gasteiger partial charge in [0.1, 0.15) is 0 Å². The van der Waals surface area contributed by atoms with Gasteiger partial charge in [-0.25, -0.2) is 0 Å². The molecule has 0 aliphatic carbocycles. The molecule has 2 heteroatoms. The minimum Gasteiger partial charge on any atom is -0.384 e. The lowest BCUT2D eigenvalue weighted by Crippen LogP contribution is -2.25. The Morgan fingerprint density at radius 3 is 2.35 bits per heavy atom. The van der Waals surface area contributed by atoms with Crippen LogP contribution in [0.1, 0.15) is 30.0 Å². The van der Waals surface area contributed by atoms with Crippen LogP contribution in [0.4, 0.5) is 5.69 Å². The van der Waals surface area contributed by atoms with Gasteiger partial charge in [0, 0.05) is 12.2 Å². The normalized spacial score (nSPS) is 12.5. The fourth-order valence-corrected chi connectivity index (χ4v) is 2.05. The number of hydrogen-bond donors (Lipinski definition) is 2. The highest BCUT2D eigenvalue weighted by Gasteiger charge is 2.07. The van der Waals surface area contributed by atoms with Crippen molar-refractivity contribution in [3.05, 3.63) is 28.8 Å². The molecule has 1 unspecified atom stereocenters. The minimum atomic E-state index is 0.695. The summed E-state index contributed by atoms with van der Waals surface area (Å²) in [5.41, 5.74) is 5.43. The van der Waals surface area contributed by atoms with Gasteiger partial charge in [-0.05, 0) is 63.0 Å². The van der Waals surface area contributed by atoms with Gasteiger partial charge < -0.3 is 10.6 Å². The molecule has 2 N–H and O–H groups in total. The molecule has 2 nitrogen and oxygen atoms in total. The van der Waals surface area contributed by atoms with Crippen molar-refractivity contribution in [2.75, 3.05) is 25.5 Å². The first-order chi connectivity index (χ1) is 8.10. The van der Waals surface area contributed by atoms with Crippen molar-refractivity contribution >= 4 is 5.69 Å². The third kappa shape index (κ3) is 3.74. The molecular formula is C15H26N2. The first kappa shape index (κ1) is 14.0. The van der Waals surface area contributed by atoms with Gasteiger partial charge in [-0.15, -0.1) is 0 Å². The molecule has 17 heavy (non-hydrogen) atoms. The molecule has 0 bridgehead atoms. The standard InChI is InChI=1S/C15H26N2/c1-6-14(9-16-5)10-17-15-8-7-11(2)12(3)13(15)4/h7-8,14,16-17H,6,9-10H2,1-5H3. The molecule has 1 rings (SSSR count). The van der Waals surface area contributed by atoms with Crippen LogP contribution in [0.5, 0.6) is 0 Å². The van der Waals surface area contributed by atoms with Crippen LogP contribution < -0.4 is 10.6 Å². The van der Waals surface area contributed by atoms with Crippen LogP contribution in [0, 0.1) is 26.7 Å². The van der Waals surface area contributed by atoms with Crippen molar-refractivity contribution in [1.29, 1.82) is 0 Å². The number of hydrogen-bond acceptors (Lipinski definition) is 2. The molecule has 1 aromatic carbocycles. The second kappa shape index (κ2) is 6.65. The van der Waals surface area contributed by atoms with Gasteiger partial charge in [0.25, 0.3) is 0 Å². The zero-order valence-corrected chi connectivity index (χ0v) is 11.9. The molecule has 0 fully saturated rings. The van der Waals surface area contributed by atoms with E-state index in [9.17, 15) is 0 Å². The monoisotopic (exact) mass is 234 g/mol. The molecule has 1 aromatic rings. The summed E-state index contributed by atoms with van der Waals surface area (Å²) >= 11 is 0. The minimum absolute atomic E-state index is 0.695. The van der Waals surface area contributed by atoms with Crippen LogP contribution in [-0.2, 0) is 0 Å². The molecule has 0 saturated heterocycles. The maximum absolute atomic E-state index is 3.58. The van der Waals surface area contributed by atoms with Gasteiger partial charge in [-0.2, -0.15) is 0 Å². The Hall–Kier alpha value is -1.02. The van der Waals surface area contributed by atoms with E-state index in [2.05, 4.69) is 50.5 Å². The van der Waals surface area contributed by atoms with E-state index in [-0.39, 0.29) is 0 Å². The van der Waals surface area contributed by atoms with Crippen molar-refractivity contribution in [3.8, 4) is 0 Å². The summed E-state index contributed by atoms with van der Waals surface area (Å²) in [5.74, 6) is 0.695. The van der Waals surface area contributed by atoms with Crippen molar-refractivity contribution in [1.82, 2.24) is 5.32 Å². The molecule has 0 aliphatic rings. The molecule has 0 heterocycles. The SMILES string of the molecule is CCC(CNC)CNc1ccc(C)c(C)c1C. The molecule has 1 atom stereocenters. The number of nitrogens with one attached hydrogen (secondary N) is 2.